The van der Waals surface area contributed by atoms with E-state index in [2.05, 4.69) is 15.6 Å². The first-order chi connectivity index (χ1) is 14.1. The number of thioether (sulfide) groups is 1. The molecule has 2 amide bonds. The SMILES string of the molecule is COc1cc(C(=O)NC2C=CCC2)cc(NC(=O)CSc2ccncc2)c1OC. The molecule has 29 heavy (non-hydrogen) atoms. The Morgan fingerprint density at radius 3 is 2.66 bits per heavy atom. The van der Waals surface area contributed by atoms with Crippen LogP contribution in [0.2, 0.25) is 0 Å². The van der Waals surface area contributed by atoms with Crippen LogP contribution in [0.3, 0.4) is 0 Å². The van der Waals surface area contributed by atoms with Gasteiger partial charge < -0.3 is 20.1 Å². The van der Waals surface area contributed by atoms with Crippen molar-refractivity contribution in [2.45, 2.75) is 23.8 Å². The summed E-state index contributed by atoms with van der Waals surface area (Å²) in [4.78, 5) is 30.0. The fourth-order valence-corrected chi connectivity index (χ4v) is 3.65. The van der Waals surface area contributed by atoms with Gasteiger partial charge in [0.25, 0.3) is 5.91 Å². The van der Waals surface area contributed by atoms with Gasteiger partial charge in [-0.05, 0) is 37.1 Å². The summed E-state index contributed by atoms with van der Waals surface area (Å²) in [7, 11) is 2.98. The number of ether oxygens (including phenoxy) is 2. The monoisotopic (exact) mass is 413 g/mol. The van der Waals surface area contributed by atoms with Crippen molar-refractivity contribution < 1.29 is 19.1 Å². The molecule has 1 aliphatic carbocycles. The van der Waals surface area contributed by atoms with Crippen LogP contribution in [0.15, 0.2) is 53.7 Å². The van der Waals surface area contributed by atoms with Gasteiger partial charge in [-0.2, -0.15) is 0 Å². The Bertz CT molecular complexity index is 902. The summed E-state index contributed by atoms with van der Waals surface area (Å²) < 4.78 is 10.8. The summed E-state index contributed by atoms with van der Waals surface area (Å²) in [5, 5.41) is 5.79. The largest absolute Gasteiger partial charge is 0.493 e. The highest BCUT2D eigenvalue weighted by molar-refractivity contribution is 8.00. The molecule has 2 N–H and O–H groups in total. The summed E-state index contributed by atoms with van der Waals surface area (Å²) in [6.07, 6.45) is 9.22. The van der Waals surface area contributed by atoms with Gasteiger partial charge >= 0.3 is 0 Å². The fraction of sp³-hybridized carbons (Fsp3) is 0.286. The molecule has 3 rings (SSSR count). The average molecular weight is 413 g/mol. The fourth-order valence-electron chi connectivity index (χ4n) is 2.96. The van der Waals surface area contributed by atoms with Crippen LogP contribution >= 0.6 is 11.8 Å². The molecule has 0 bridgehead atoms. The van der Waals surface area contributed by atoms with Gasteiger partial charge in [0.2, 0.25) is 5.91 Å². The van der Waals surface area contributed by atoms with Crippen LogP contribution in [0, 0.1) is 0 Å². The zero-order chi connectivity index (χ0) is 20.6. The molecule has 152 valence electrons. The predicted molar refractivity (Wildman–Crippen MR) is 113 cm³/mol. The second-order valence-corrected chi connectivity index (χ2v) is 7.41. The zero-order valence-electron chi connectivity index (χ0n) is 16.3. The number of nitrogens with one attached hydrogen (secondary N) is 2. The van der Waals surface area contributed by atoms with E-state index in [0.717, 1.165) is 17.7 Å². The quantitative estimate of drug-likeness (QED) is 0.510. The van der Waals surface area contributed by atoms with Crippen LogP contribution in [0.5, 0.6) is 11.5 Å². The van der Waals surface area contributed by atoms with Gasteiger partial charge in [0.1, 0.15) is 0 Å². The van der Waals surface area contributed by atoms with Crippen LogP contribution in [-0.4, -0.2) is 42.8 Å². The first-order valence-corrected chi connectivity index (χ1v) is 10.2. The number of carbonyl (C=O) groups excluding carboxylic acids is 2. The molecule has 0 saturated heterocycles. The number of rotatable bonds is 8. The topological polar surface area (TPSA) is 89.6 Å². The second kappa shape index (κ2) is 9.97. The minimum absolute atomic E-state index is 0.0189. The molecule has 1 atom stereocenters. The number of hydrogen-bond acceptors (Lipinski definition) is 6. The Morgan fingerprint density at radius 2 is 2.00 bits per heavy atom. The Morgan fingerprint density at radius 1 is 1.21 bits per heavy atom. The molecule has 1 unspecified atom stereocenters. The van der Waals surface area contributed by atoms with Crippen molar-refractivity contribution in [3.63, 3.8) is 0 Å². The molecule has 7 nitrogen and oxygen atoms in total. The summed E-state index contributed by atoms with van der Waals surface area (Å²) in [5.41, 5.74) is 0.777. The Hall–Kier alpha value is -3.00. The van der Waals surface area contributed by atoms with Gasteiger partial charge in [-0.3, -0.25) is 14.6 Å². The number of nitrogens with zero attached hydrogens (tertiary/aromatic N) is 1. The maximum absolute atomic E-state index is 12.7. The molecule has 1 heterocycles. The van der Waals surface area contributed by atoms with Crippen LogP contribution in [0.4, 0.5) is 5.69 Å². The number of amides is 2. The second-order valence-electron chi connectivity index (χ2n) is 6.36. The van der Waals surface area contributed by atoms with Crippen LogP contribution in [0.25, 0.3) is 0 Å². The van der Waals surface area contributed by atoms with Gasteiger partial charge in [0.05, 0.1) is 25.7 Å². The van der Waals surface area contributed by atoms with Gasteiger partial charge in [-0.25, -0.2) is 0 Å². The standard InChI is InChI=1S/C21H23N3O4S/c1-27-18-12-14(21(26)23-15-5-3-4-6-15)11-17(20(18)28-2)24-19(25)13-29-16-7-9-22-10-8-16/h3,5,7-12,15H,4,6,13H2,1-2H3,(H,23,26)(H,24,25). The van der Waals surface area contributed by atoms with Gasteiger partial charge in [-0.1, -0.05) is 12.2 Å². The third kappa shape index (κ3) is 5.51. The summed E-state index contributed by atoms with van der Waals surface area (Å²) >= 11 is 1.39. The molecule has 0 fully saturated rings. The molecular weight excluding hydrogens is 390 g/mol. The third-order valence-electron chi connectivity index (χ3n) is 4.36. The lowest BCUT2D eigenvalue weighted by Crippen LogP contribution is -2.32. The van der Waals surface area contributed by atoms with Crippen LogP contribution < -0.4 is 20.1 Å². The van der Waals surface area contributed by atoms with E-state index < -0.39 is 0 Å². The van der Waals surface area contributed by atoms with Crippen molar-refractivity contribution >= 4 is 29.3 Å². The maximum Gasteiger partial charge on any atom is 0.251 e. The van der Waals surface area contributed by atoms with Gasteiger partial charge in [0, 0.05) is 28.9 Å². The van der Waals surface area contributed by atoms with E-state index in [1.807, 2.05) is 24.3 Å². The number of allylic oxidation sites excluding steroid dienone is 1. The smallest absolute Gasteiger partial charge is 0.251 e. The highest BCUT2D eigenvalue weighted by atomic mass is 32.2. The van der Waals surface area contributed by atoms with E-state index >= 15 is 0 Å². The van der Waals surface area contributed by atoms with E-state index in [9.17, 15) is 9.59 Å². The highest BCUT2D eigenvalue weighted by Crippen LogP contribution is 2.37. The number of aromatic nitrogens is 1. The van der Waals surface area contributed by atoms with Crippen molar-refractivity contribution in [3.05, 3.63) is 54.4 Å². The number of anilines is 1. The Labute approximate surface area is 173 Å². The van der Waals surface area contributed by atoms with Crippen LogP contribution in [0.1, 0.15) is 23.2 Å². The van der Waals surface area contributed by atoms with E-state index in [4.69, 9.17) is 9.47 Å². The molecule has 0 aliphatic heterocycles. The lowest BCUT2D eigenvalue weighted by molar-refractivity contribution is -0.113. The van der Waals surface area contributed by atoms with Crippen molar-refractivity contribution in [1.29, 1.82) is 0 Å². The van der Waals surface area contributed by atoms with E-state index in [-0.39, 0.29) is 23.6 Å². The molecule has 1 aromatic heterocycles. The maximum atomic E-state index is 12.7. The number of benzene rings is 1. The molecule has 0 spiro atoms. The molecule has 8 heteroatoms. The third-order valence-corrected chi connectivity index (χ3v) is 5.38. The predicted octanol–water partition coefficient (Wildman–Crippen LogP) is 3.28. The summed E-state index contributed by atoms with van der Waals surface area (Å²) in [6.45, 7) is 0. The van der Waals surface area contributed by atoms with E-state index in [1.54, 1.807) is 24.5 Å². The first-order valence-electron chi connectivity index (χ1n) is 9.17. The number of hydrogen-bond donors (Lipinski definition) is 2. The molecule has 1 aromatic carbocycles. The Balaban J connectivity index is 1.75. The van der Waals surface area contributed by atoms with Gasteiger partial charge in [-0.15, -0.1) is 11.8 Å². The molecule has 2 aromatic rings. The first kappa shape index (κ1) is 20.7. The van der Waals surface area contributed by atoms with Crippen molar-refractivity contribution in [1.82, 2.24) is 10.3 Å². The minimum Gasteiger partial charge on any atom is -0.493 e. The van der Waals surface area contributed by atoms with E-state index in [1.165, 1.54) is 26.0 Å². The molecule has 0 radical (unpaired) electrons. The average Bonchev–Trinajstić information content (AvgIpc) is 3.25. The normalized spacial score (nSPS) is 15.0. The molecule has 1 aliphatic rings. The van der Waals surface area contributed by atoms with Crippen molar-refractivity contribution in [2.24, 2.45) is 0 Å². The van der Waals surface area contributed by atoms with Crippen molar-refractivity contribution in [3.8, 4) is 11.5 Å². The number of methoxy groups -OCH3 is 2. The summed E-state index contributed by atoms with van der Waals surface area (Å²) in [6, 6.07) is 6.90. The van der Waals surface area contributed by atoms with Gasteiger partial charge in [0.15, 0.2) is 11.5 Å². The number of carbonyl (C=O) groups is 2. The number of pyridine rings is 1. The van der Waals surface area contributed by atoms with Crippen LogP contribution in [-0.2, 0) is 4.79 Å². The zero-order valence-corrected chi connectivity index (χ0v) is 17.1. The Kier molecular flexibility index (Phi) is 7.13. The van der Waals surface area contributed by atoms with E-state index in [0.29, 0.717) is 22.7 Å². The highest BCUT2D eigenvalue weighted by Gasteiger charge is 2.20. The minimum atomic E-state index is -0.232. The van der Waals surface area contributed by atoms with Crippen molar-refractivity contribution in [2.75, 3.05) is 25.3 Å². The lowest BCUT2D eigenvalue weighted by atomic mass is 10.1. The molecular formula is C21H23N3O4S. The molecule has 0 saturated carbocycles. The lowest BCUT2D eigenvalue weighted by Gasteiger charge is -2.17. The summed E-state index contributed by atoms with van der Waals surface area (Å²) in [5.74, 6) is 0.498.